The molecule has 1 saturated heterocycles. The van der Waals surface area contributed by atoms with Crippen molar-refractivity contribution in [1.29, 1.82) is 0 Å². The van der Waals surface area contributed by atoms with Gasteiger partial charge in [0, 0.05) is 42.5 Å². The maximum Gasteiger partial charge on any atom is 0.227 e. The van der Waals surface area contributed by atoms with E-state index in [1.165, 1.54) is 5.56 Å². The normalized spacial score (nSPS) is 15.5. The van der Waals surface area contributed by atoms with Crippen molar-refractivity contribution in [2.24, 2.45) is 5.92 Å². The van der Waals surface area contributed by atoms with Gasteiger partial charge in [-0.3, -0.25) is 14.3 Å². The Labute approximate surface area is 199 Å². The average molecular weight is 463 g/mol. The SMILES string of the molecule is COc1ccc(N2CC(C(=O)NCc3c(C)nn(Cc4ccccc4)c3C)CC2=O)cc1OC. The van der Waals surface area contributed by atoms with E-state index < -0.39 is 5.92 Å². The number of aryl methyl sites for hydroxylation is 1. The van der Waals surface area contributed by atoms with Gasteiger partial charge in [-0.05, 0) is 31.5 Å². The molecule has 34 heavy (non-hydrogen) atoms. The lowest BCUT2D eigenvalue weighted by Gasteiger charge is -2.18. The lowest BCUT2D eigenvalue weighted by atomic mass is 10.1. The summed E-state index contributed by atoms with van der Waals surface area (Å²) in [6.45, 7) is 5.35. The van der Waals surface area contributed by atoms with Gasteiger partial charge in [0.2, 0.25) is 11.8 Å². The molecule has 4 rings (SSSR count). The molecule has 0 saturated carbocycles. The number of rotatable bonds is 8. The van der Waals surface area contributed by atoms with Gasteiger partial charge in [0.25, 0.3) is 0 Å². The van der Waals surface area contributed by atoms with Crippen LogP contribution in [0.25, 0.3) is 0 Å². The highest BCUT2D eigenvalue weighted by molar-refractivity contribution is 6.00. The van der Waals surface area contributed by atoms with Crippen LogP contribution in [0, 0.1) is 19.8 Å². The Morgan fingerprint density at radius 1 is 1.09 bits per heavy atom. The van der Waals surface area contributed by atoms with Crippen LogP contribution in [0.15, 0.2) is 48.5 Å². The molecule has 1 atom stereocenters. The summed E-state index contributed by atoms with van der Waals surface area (Å²) >= 11 is 0. The van der Waals surface area contributed by atoms with Crippen LogP contribution in [0.5, 0.6) is 11.5 Å². The van der Waals surface area contributed by atoms with Crippen molar-refractivity contribution in [2.75, 3.05) is 25.7 Å². The maximum atomic E-state index is 12.9. The second-order valence-corrected chi connectivity index (χ2v) is 8.46. The molecule has 8 nitrogen and oxygen atoms in total. The summed E-state index contributed by atoms with van der Waals surface area (Å²) in [5.74, 6) is 0.492. The number of nitrogens with zero attached hydrogens (tertiary/aromatic N) is 3. The average Bonchev–Trinajstić information content (AvgIpc) is 3.36. The van der Waals surface area contributed by atoms with Gasteiger partial charge in [-0.15, -0.1) is 0 Å². The first-order valence-electron chi connectivity index (χ1n) is 11.3. The van der Waals surface area contributed by atoms with Crippen LogP contribution in [-0.2, 0) is 22.7 Å². The Balaban J connectivity index is 1.40. The van der Waals surface area contributed by atoms with E-state index in [1.54, 1.807) is 37.3 Å². The Hall–Kier alpha value is -3.81. The molecular weight excluding hydrogens is 432 g/mol. The number of ether oxygens (including phenoxy) is 2. The number of anilines is 1. The predicted molar refractivity (Wildman–Crippen MR) is 129 cm³/mol. The zero-order valence-electron chi connectivity index (χ0n) is 20.0. The molecule has 2 amide bonds. The number of amides is 2. The van der Waals surface area contributed by atoms with Gasteiger partial charge in [0.05, 0.1) is 32.4 Å². The fourth-order valence-corrected chi connectivity index (χ4v) is 4.35. The molecule has 0 bridgehead atoms. The number of methoxy groups -OCH3 is 2. The third kappa shape index (κ3) is 4.76. The van der Waals surface area contributed by atoms with Gasteiger partial charge in [-0.25, -0.2) is 0 Å². The zero-order valence-corrected chi connectivity index (χ0v) is 20.0. The van der Waals surface area contributed by atoms with Crippen molar-refractivity contribution >= 4 is 17.5 Å². The third-order valence-corrected chi connectivity index (χ3v) is 6.32. The molecule has 1 N–H and O–H groups in total. The number of hydrogen-bond acceptors (Lipinski definition) is 5. The minimum Gasteiger partial charge on any atom is -0.493 e. The molecule has 1 aliphatic heterocycles. The fraction of sp³-hybridized carbons (Fsp3) is 0.346. The molecule has 8 heteroatoms. The lowest BCUT2D eigenvalue weighted by molar-refractivity contribution is -0.126. The largest absolute Gasteiger partial charge is 0.493 e. The van der Waals surface area contributed by atoms with E-state index in [-0.39, 0.29) is 18.2 Å². The second kappa shape index (κ2) is 9.99. The van der Waals surface area contributed by atoms with Crippen LogP contribution in [0.3, 0.4) is 0 Å². The third-order valence-electron chi connectivity index (χ3n) is 6.32. The minimum absolute atomic E-state index is 0.0876. The number of carbonyl (C=O) groups excluding carboxylic acids is 2. The summed E-state index contributed by atoms with van der Waals surface area (Å²) in [6.07, 6.45) is 0.172. The van der Waals surface area contributed by atoms with E-state index >= 15 is 0 Å². The van der Waals surface area contributed by atoms with Gasteiger partial charge in [-0.2, -0.15) is 5.10 Å². The summed E-state index contributed by atoms with van der Waals surface area (Å²) in [5.41, 5.74) is 4.78. The van der Waals surface area contributed by atoms with Gasteiger partial charge < -0.3 is 19.7 Å². The molecular formula is C26H30N4O4. The van der Waals surface area contributed by atoms with Crippen LogP contribution < -0.4 is 19.7 Å². The summed E-state index contributed by atoms with van der Waals surface area (Å²) in [7, 11) is 3.11. The maximum absolute atomic E-state index is 12.9. The smallest absolute Gasteiger partial charge is 0.227 e. The molecule has 3 aromatic rings. The van der Waals surface area contributed by atoms with E-state index in [1.807, 2.05) is 36.7 Å². The van der Waals surface area contributed by atoms with Gasteiger partial charge in [0.1, 0.15) is 0 Å². The topological polar surface area (TPSA) is 85.7 Å². The van der Waals surface area contributed by atoms with E-state index in [2.05, 4.69) is 22.5 Å². The molecule has 2 aromatic carbocycles. The van der Waals surface area contributed by atoms with E-state index in [9.17, 15) is 9.59 Å². The predicted octanol–water partition coefficient (Wildman–Crippen LogP) is 3.23. The first-order valence-corrected chi connectivity index (χ1v) is 11.3. The molecule has 1 aliphatic rings. The number of nitrogens with one attached hydrogen (secondary N) is 1. The highest BCUT2D eigenvalue weighted by Gasteiger charge is 2.35. The lowest BCUT2D eigenvalue weighted by Crippen LogP contribution is -2.32. The standard InChI is InChI=1S/C26H30N4O4/c1-17-22(18(2)30(28-17)15-19-8-6-5-7-9-19)14-27-26(32)20-12-25(31)29(16-20)21-10-11-23(33-3)24(13-21)34-4/h5-11,13,20H,12,14-16H2,1-4H3,(H,27,32). The molecule has 178 valence electrons. The Morgan fingerprint density at radius 3 is 2.53 bits per heavy atom. The quantitative estimate of drug-likeness (QED) is 0.556. The monoisotopic (exact) mass is 462 g/mol. The van der Waals surface area contributed by atoms with Crippen LogP contribution >= 0.6 is 0 Å². The summed E-state index contributed by atoms with van der Waals surface area (Å²) in [5, 5.41) is 7.67. The Morgan fingerprint density at radius 2 is 1.82 bits per heavy atom. The first-order chi connectivity index (χ1) is 16.4. The summed E-state index contributed by atoms with van der Waals surface area (Å²) in [6, 6.07) is 15.5. The molecule has 1 unspecified atom stereocenters. The Bertz CT molecular complexity index is 1190. The van der Waals surface area contributed by atoms with Gasteiger partial charge in [0.15, 0.2) is 11.5 Å². The molecule has 0 spiro atoms. The van der Waals surface area contributed by atoms with E-state index in [0.717, 1.165) is 17.0 Å². The zero-order chi connectivity index (χ0) is 24.2. The highest BCUT2D eigenvalue weighted by atomic mass is 16.5. The number of benzene rings is 2. The second-order valence-electron chi connectivity index (χ2n) is 8.46. The highest BCUT2D eigenvalue weighted by Crippen LogP contribution is 2.34. The van der Waals surface area contributed by atoms with Crippen molar-refractivity contribution in [2.45, 2.75) is 33.4 Å². The molecule has 0 aliphatic carbocycles. The van der Waals surface area contributed by atoms with Gasteiger partial charge in [-0.1, -0.05) is 30.3 Å². The van der Waals surface area contributed by atoms with E-state index in [4.69, 9.17) is 9.47 Å². The van der Waals surface area contributed by atoms with Crippen molar-refractivity contribution in [3.63, 3.8) is 0 Å². The van der Waals surface area contributed by atoms with E-state index in [0.29, 0.717) is 36.8 Å². The van der Waals surface area contributed by atoms with Crippen LogP contribution in [0.4, 0.5) is 5.69 Å². The number of aromatic nitrogens is 2. The molecule has 2 heterocycles. The number of carbonyl (C=O) groups is 2. The summed E-state index contributed by atoms with van der Waals surface area (Å²) < 4.78 is 12.6. The van der Waals surface area contributed by atoms with Crippen molar-refractivity contribution in [1.82, 2.24) is 15.1 Å². The van der Waals surface area contributed by atoms with Crippen LogP contribution in [0.1, 0.15) is 28.9 Å². The molecule has 0 radical (unpaired) electrons. The fourth-order valence-electron chi connectivity index (χ4n) is 4.35. The Kier molecular flexibility index (Phi) is 6.86. The molecule has 1 aromatic heterocycles. The van der Waals surface area contributed by atoms with Gasteiger partial charge >= 0.3 is 0 Å². The van der Waals surface area contributed by atoms with Crippen LogP contribution in [0.2, 0.25) is 0 Å². The minimum atomic E-state index is -0.416. The van der Waals surface area contributed by atoms with Crippen molar-refractivity contribution in [3.05, 3.63) is 71.0 Å². The molecule has 1 fully saturated rings. The van der Waals surface area contributed by atoms with Crippen molar-refractivity contribution in [3.8, 4) is 11.5 Å². The summed E-state index contributed by atoms with van der Waals surface area (Å²) in [4.78, 5) is 27.2. The van der Waals surface area contributed by atoms with Crippen molar-refractivity contribution < 1.29 is 19.1 Å². The number of hydrogen-bond donors (Lipinski definition) is 1. The van der Waals surface area contributed by atoms with Crippen LogP contribution in [-0.4, -0.2) is 42.4 Å². The first kappa shape index (κ1) is 23.4.